The summed E-state index contributed by atoms with van der Waals surface area (Å²) in [6, 6.07) is -0.305. The zero-order valence-corrected chi connectivity index (χ0v) is 15.4. The highest BCUT2D eigenvalue weighted by Crippen LogP contribution is 2.32. The summed E-state index contributed by atoms with van der Waals surface area (Å²) in [6.45, 7) is 10.2. The molecule has 124 valence electrons. The molecule has 2 heterocycles. The summed E-state index contributed by atoms with van der Waals surface area (Å²) >= 11 is 1.34. The minimum Gasteiger partial charge on any atom is -0.332 e. The molecule has 1 saturated heterocycles. The smallest absolute Gasteiger partial charge is 0.266 e. The van der Waals surface area contributed by atoms with E-state index in [2.05, 4.69) is 4.98 Å². The van der Waals surface area contributed by atoms with Gasteiger partial charge in [0, 0.05) is 6.54 Å². The van der Waals surface area contributed by atoms with Crippen molar-refractivity contribution in [2.75, 3.05) is 18.1 Å². The molecule has 0 spiro atoms. The Morgan fingerprint density at radius 3 is 2.59 bits per heavy atom. The predicted octanol–water partition coefficient (Wildman–Crippen LogP) is 2.55. The number of sulfone groups is 1. The van der Waals surface area contributed by atoms with Crippen molar-refractivity contribution in [2.24, 2.45) is 5.41 Å². The third-order valence-corrected chi connectivity index (χ3v) is 6.49. The van der Waals surface area contributed by atoms with Gasteiger partial charge in [-0.2, -0.15) is 0 Å². The average molecular weight is 345 g/mol. The Balaban J connectivity index is 2.37. The summed E-state index contributed by atoms with van der Waals surface area (Å²) in [5.41, 5.74) is 2.21. The number of aromatic nitrogens is 1. The van der Waals surface area contributed by atoms with E-state index in [0.717, 1.165) is 5.69 Å². The van der Waals surface area contributed by atoms with Crippen molar-refractivity contribution in [1.29, 1.82) is 0 Å². The molecule has 0 saturated carbocycles. The van der Waals surface area contributed by atoms with Gasteiger partial charge in [0.1, 0.15) is 4.88 Å². The molecule has 1 atom stereocenters. The number of thiazole rings is 1. The van der Waals surface area contributed by atoms with Gasteiger partial charge in [0.2, 0.25) is 0 Å². The standard InChI is InChI=1S/C15H24N2O3S2/c1-10(2)12-13(21-9-16-12)14(18)17-6-7-22(19,20)8-11(17)15(3,4)5/h9-11H,6-8H2,1-5H3. The van der Waals surface area contributed by atoms with Crippen LogP contribution in [0.2, 0.25) is 0 Å². The van der Waals surface area contributed by atoms with E-state index in [1.807, 2.05) is 34.6 Å². The first-order valence-electron chi connectivity index (χ1n) is 7.47. The van der Waals surface area contributed by atoms with Gasteiger partial charge in [-0.05, 0) is 11.3 Å². The van der Waals surface area contributed by atoms with E-state index >= 15 is 0 Å². The second-order valence-electron chi connectivity index (χ2n) is 7.22. The van der Waals surface area contributed by atoms with E-state index in [1.165, 1.54) is 11.3 Å². The molecule has 22 heavy (non-hydrogen) atoms. The summed E-state index contributed by atoms with van der Waals surface area (Å²) in [5, 5.41) is 0. The highest BCUT2D eigenvalue weighted by molar-refractivity contribution is 7.91. The van der Waals surface area contributed by atoms with E-state index in [-0.39, 0.29) is 41.3 Å². The van der Waals surface area contributed by atoms with Crippen molar-refractivity contribution < 1.29 is 13.2 Å². The van der Waals surface area contributed by atoms with E-state index in [0.29, 0.717) is 4.88 Å². The lowest BCUT2D eigenvalue weighted by molar-refractivity contribution is 0.0565. The van der Waals surface area contributed by atoms with Crippen molar-refractivity contribution in [3.05, 3.63) is 16.1 Å². The Morgan fingerprint density at radius 1 is 1.41 bits per heavy atom. The lowest BCUT2D eigenvalue weighted by Crippen LogP contribution is -2.56. The molecule has 1 aliphatic heterocycles. The zero-order valence-electron chi connectivity index (χ0n) is 13.8. The Kier molecular flexibility index (Phi) is 4.69. The molecule has 0 aromatic carbocycles. The van der Waals surface area contributed by atoms with Crippen molar-refractivity contribution in [2.45, 2.75) is 46.6 Å². The van der Waals surface area contributed by atoms with Crippen LogP contribution in [-0.4, -0.2) is 48.3 Å². The van der Waals surface area contributed by atoms with E-state index in [9.17, 15) is 13.2 Å². The van der Waals surface area contributed by atoms with Crippen LogP contribution in [0, 0.1) is 5.41 Å². The third-order valence-electron chi connectivity index (χ3n) is 4.03. The van der Waals surface area contributed by atoms with Crippen molar-refractivity contribution in [1.82, 2.24) is 9.88 Å². The molecule has 0 aliphatic carbocycles. The van der Waals surface area contributed by atoms with Gasteiger partial charge in [-0.3, -0.25) is 4.79 Å². The minimum absolute atomic E-state index is 0.0397. The monoisotopic (exact) mass is 344 g/mol. The van der Waals surface area contributed by atoms with Crippen LogP contribution in [0.4, 0.5) is 0 Å². The molecular weight excluding hydrogens is 320 g/mol. The fourth-order valence-corrected chi connectivity index (χ4v) is 5.43. The molecule has 2 rings (SSSR count). The Labute approximate surface area is 136 Å². The van der Waals surface area contributed by atoms with Gasteiger partial charge in [-0.1, -0.05) is 34.6 Å². The van der Waals surface area contributed by atoms with Crippen LogP contribution < -0.4 is 0 Å². The lowest BCUT2D eigenvalue weighted by Gasteiger charge is -2.42. The second kappa shape index (κ2) is 5.92. The summed E-state index contributed by atoms with van der Waals surface area (Å²) < 4.78 is 24.0. The fraction of sp³-hybridized carbons (Fsp3) is 0.733. The Bertz CT molecular complexity index is 657. The van der Waals surface area contributed by atoms with Gasteiger partial charge in [-0.15, -0.1) is 11.3 Å². The number of carbonyl (C=O) groups is 1. The number of amides is 1. The molecule has 1 fully saturated rings. The molecule has 1 unspecified atom stereocenters. The first-order valence-corrected chi connectivity index (χ1v) is 10.2. The minimum atomic E-state index is -3.08. The van der Waals surface area contributed by atoms with Gasteiger partial charge in [-0.25, -0.2) is 13.4 Å². The highest BCUT2D eigenvalue weighted by atomic mass is 32.2. The van der Waals surface area contributed by atoms with Crippen LogP contribution >= 0.6 is 11.3 Å². The summed E-state index contributed by atoms with van der Waals surface area (Å²) in [4.78, 5) is 19.6. The number of carbonyl (C=O) groups excluding carboxylic acids is 1. The van der Waals surface area contributed by atoms with Crippen molar-refractivity contribution >= 4 is 27.1 Å². The van der Waals surface area contributed by atoms with E-state index < -0.39 is 9.84 Å². The summed E-state index contributed by atoms with van der Waals surface area (Å²) in [5.74, 6) is 0.173. The van der Waals surface area contributed by atoms with Crippen LogP contribution in [0.5, 0.6) is 0 Å². The maximum atomic E-state index is 13.0. The number of nitrogens with zero attached hydrogens (tertiary/aromatic N) is 2. The Morgan fingerprint density at radius 2 is 2.05 bits per heavy atom. The maximum Gasteiger partial charge on any atom is 0.266 e. The van der Waals surface area contributed by atoms with E-state index in [1.54, 1.807) is 10.4 Å². The quantitative estimate of drug-likeness (QED) is 0.827. The normalized spacial score (nSPS) is 22.1. The van der Waals surface area contributed by atoms with Crippen molar-refractivity contribution in [3.8, 4) is 0 Å². The molecule has 0 bridgehead atoms. The topological polar surface area (TPSA) is 67.3 Å². The fourth-order valence-electron chi connectivity index (χ4n) is 2.72. The van der Waals surface area contributed by atoms with Gasteiger partial charge in [0.15, 0.2) is 9.84 Å². The molecule has 1 aliphatic rings. The van der Waals surface area contributed by atoms with Gasteiger partial charge in [0.25, 0.3) is 5.91 Å². The van der Waals surface area contributed by atoms with E-state index in [4.69, 9.17) is 0 Å². The van der Waals surface area contributed by atoms with Crippen LogP contribution in [0.25, 0.3) is 0 Å². The van der Waals surface area contributed by atoms with Gasteiger partial charge in [0.05, 0.1) is 28.8 Å². The van der Waals surface area contributed by atoms with Crippen LogP contribution in [-0.2, 0) is 9.84 Å². The number of hydrogen-bond donors (Lipinski definition) is 0. The average Bonchev–Trinajstić information content (AvgIpc) is 2.85. The van der Waals surface area contributed by atoms with Gasteiger partial charge >= 0.3 is 0 Å². The molecule has 1 amide bonds. The van der Waals surface area contributed by atoms with Crippen LogP contribution in [0.15, 0.2) is 5.51 Å². The van der Waals surface area contributed by atoms with Crippen LogP contribution in [0.3, 0.4) is 0 Å². The molecule has 7 heteroatoms. The van der Waals surface area contributed by atoms with Gasteiger partial charge < -0.3 is 4.90 Å². The number of rotatable bonds is 2. The molecule has 5 nitrogen and oxygen atoms in total. The first kappa shape index (κ1) is 17.4. The maximum absolute atomic E-state index is 13.0. The number of hydrogen-bond acceptors (Lipinski definition) is 5. The largest absolute Gasteiger partial charge is 0.332 e. The Hall–Kier alpha value is -0.950. The molecule has 1 aromatic rings. The second-order valence-corrected chi connectivity index (χ2v) is 10.3. The lowest BCUT2D eigenvalue weighted by atomic mass is 9.86. The van der Waals surface area contributed by atoms with Crippen LogP contribution in [0.1, 0.15) is 55.9 Å². The predicted molar refractivity (Wildman–Crippen MR) is 89.1 cm³/mol. The third kappa shape index (κ3) is 3.51. The molecule has 0 radical (unpaired) electrons. The highest BCUT2D eigenvalue weighted by Gasteiger charge is 2.41. The zero-order chi connectivity index (χ0) is 16.7. The first-order chi connectivity index (χ1) is 10.0. The molecule has 1 aromatic heterocycles. The molecule has 0 N–H and O–H groups in total. The SMILES string of the molecule is CC(C)c1ncsc1C(=O)N1CCS(=O)(=O)CC1C(C)(C)C. The van der Waals surface area contributed by atoms with Crippen molar-refractivity contribution in [3.63, 3.8) is 0 Å². The molecular formula is C15H24N2O3S2. The summed E-state index contributed by atoms with van der Waals surface area (Å²) in [6.07, 6.45) is 0. The summed E-state index contributed by atoms with van der Waals surface area (Å²) in [7, 11) is -3.08.